The SMILES string of the molecule is O=C([O-])c1ccnc(-c2cc(C(=O)[O-])ccn2)c1.[Mg+2]. The summed E-state index contributed by atoms with van der Waals surface area (Å²) in [6.07, 6.45) is 2.57. The minimum Gasteiger partial charge on any atom is -0.545 e. The molecule has 0 fully saturated rings. The number of carbonyl (C=O) groups is 2. The third-order valence-corrected chi connectivity index (χ3v) is 2.25. The van der Waals surface area contributed by atoms with Gasteiger partial charge in [-0.2, -0.15) is 0 Å². The topological polar surface area (TPSA) is 106 Å². The zero-order chi connectivity index (χ0) is 13.1. The monoisotopic (exact) mass is 266 g/mol. The molecular formula is C12H6MgN2O4. The number of carboxylic acids is 2. The van der Waals surface area contributed by atoms with E-state index in [-0.39, 0.29) is 45.6 Å². The van der Waals surface area contributed by atoms with Crippen molar-refractivity contribution in [3.63, 3.8) is 0 Å². The van der Waals surface area contributed by atoms with Gasteiger partial charge in [-0.1, -0.05) is 0 Å². The Bertz CT molecular complexity index is 575. The molecule has 19 heavy (non-hydrogen) atoms. The van der Waals surface area contributed by atoms with Gasteiger partial charge in [0.15, 0.2) is 0 Å². The average Bonchev–Trinajstić information content (AvgIpc) is 2.39. The summed E-state index contributed by atoms with van der Waals surface area (Å²) in [5.41, 5.74) is 0.390. The van der Waals surface area contributed by atoms with E-state index in [2.05, 4.69) is 9.97 Å². The van der Waals surface area contributed by atoms with E-state index in [4.69, 9.17) is 0 Å². The molecule has 0 radical (unpaired) electrons. The van der Waals surface area contributed by atoms with Crippen LogP contribution in [0.2, 0.25) is 0 Å². The maximum absolute atomic E-state index is 10.7. The third kappa shape index (κ3) is 3.49. The Morgan fingerprint density at radius 1 is 0.842 bits per heavy atom. The van der Waals surface area contributed by atoms with Gasteiger partial charge in [0.2, 0.25) is 0 Å². The Hall–Kier alpha value is -1.99. The van der Waals surface area contributed by atoms with Gasteiger partial charge < -0.3 is 19.8 Å². The van der Waals surface area contributed by atoms with Gasteiger partial charge in [-0.25, -0.2) is 0 Å². The molecular weight excluding hydrogens is 260 g/mol. The van der Waals surface area contributed by atoms with Crippen LogP contribution in [0.5, 0.6) is 0 Å². The molecule has 90 valence electrons. The second-order valence-electron chi connectivity index (χ2n) is 3.43. The molecule has 2 rings (SSSR count). The number of hydrogen-bond acceptors (Lipinski definition) is 6. The number of carbonyl (C=O) groups excluding carboxylic acids is 2. The molecule has 0 spiro atoms. The van der Waals surface area contributed by atoms with Gasteiger partial charge in [-0.05, 0) is 24.3 Å². The number of rotatable bonds is 3. The second-order valence-corrected chi connectivity index (χ2v) is 3.43. The van der Waals surface area contributed by atoms with Crippen molar-refractivity contribution in [2.75, 3.05) is 0 Å². The van der Waals surface area contributed by atoms with Crippen molar-refractivity contribution in [3.8, 4) is 11.4 Å². The van der Waals surface area contributed by atoms with Crippen molar-refractivity contribution >= 4 is 35.0 Å². The zero-order valence-electron chi connectivity index (χ0n) is 9.70. The molecule has 6 nitrogen and oxygen atoms in total. The van der Waals surface area contributed by atoms with Crippen molar-refractivity contribution < 1.29 is 19.8 Å². The van der Waals surface area contributed by atoms with Crippen molar-refractivity contribution in [1.82, 2.24) is 9.97 Å². The number of hydrogen-bond donors (Lipinski definition) is 0. The van der Waals surface area contributed by atoms with E-state index >= 15 is 0 Å². The third-order valence-electron chi connectivity index (χ3n) is 2.25. The summed E-state index contributed by atoms with van der Waals surface area (Å²) in [6.45, 7) is 0. The Morgan fingerprint density at radius 2 is 1.21 bits per heavy atom. The first-order valence-corrected chi connectivity index (χ1v) is 4.93. The Labute approximate surface area is 124 Å². The van der Waals surface area contributed by atoms with Crippen LogP contribution in [0.1, 0.15) is 20.7 Å². The summed E-state index contributed by atoms with van der Waals surface area (Å²) in [6, 6.07) is 5.08. The first-order chi connectivity index (χ1) is 8.58. The number of aromatic nitrogens is 2. The molecule has 2 heterocycles. The molecule has 0 N–H and O–H groups in total. The van der Waals surface area contributed by atoms with Crippen molar-refractivity contribution in [2.45, 2.75) is 0 Å². The molecule has 0 saturated heterocycles. The van der Waals surface area contributed by atoms with Crippen LogP contribution in [-0.2, 0) is 0 Å². The van der Waals surface area contributed by atoms with Crippen molar-refractivity contribution in [1.29, 1.82) is 0 Å². The smallest absolute Gasteiger partial charge is 0.545 e. The number of carboxylic acid groups (broad SMARTS) is 2. The Balaban J connectivity index is 0.00000180. The van der Waals surface area contributed by atoms with Gasteiger partial charge in [-0.3, -0.25) is 9.97 Å². The first-order valence-electron chi connectivity index (χ1n) is 4.93. The van der Waals surface area contributed by atoms with Gasteiger partial charge in [0.05, 0.1) is 23.3 Å². The molecule has 0 aliphatic heterocycles. The van der Waals surface area contributed by atoms with Gasteiger partial charge in [0.25, 0.3) is 0 Å². The van der Waals surface area contributed by atoms with Crippen LogP contribution in [0.4, 0.5) is 0 Å². The quantitative estimate of drug-likeness (QED) is 0.625. The van der Waals surface area contributed by atoms with Gasteiger partial charge >= 0.3 is 23.1 Å². The van der Waals surface area contributed by atoms with E-state index in [0.717, 1.165) is 0 Å². The minimum absolute atomic E-state index is 0. The fourth-order valence-corrected chi connectivity index (χ4v) is 1.40. The molecule has 0 atom stereocenters. The maximum Gasteiger partial charge on any atom is 2.00 e. The molecule has 0 aliphatic rings. The standard InChI is InChI=1S/C12H8N2O4.Mg/c15-11(16)7-1-3-13-9(5-7)10-6-8(12(17)18)2-4-14-10;/h1-6H,(H,15,16)(H,17,18);/q;+2/p-2. The van der Waals surface area contributed by atoms with Crippen LogP contribution in [-0.4, -0.2) is 45.0 Å². The van der Waals surface area contributed by atoms with Crippen molar-refractivity contribution in [3.05, 3.63) is 47.8 Å². The molecule has 0 saturated carbocycles. The Morgan fingerprint density at radius 3 is 1.53 bits per heavy atom. The second kappa shape index (κ2) is 6.25. The van der Waals surface area contributed by atoms with Crippen LogP contribution in [0, 0.1) is 0 Å². The van der Waals surface area contributed by atoms with Gasteiger partial charge in [0, 0.05) is 23.5 Å². The zero-order valence-corrected chi connectivity index (χ0v) is 11.1. The van der Waals surface area contributed by atoms with E-state index in [0.29, 0.717) is 0 Å². The normalized spacial score (nSPS) is 9.47. The summed E-state index contributed by atoms with van der Waals surface area (Å²) in [5.74, 6) is -2.68. The van der Waals surface area contributed by atoms with E-state index in [1.807, 2.05) is 0 Å². The molecule has 2 aromatic heterocycles. The summed E-state index contributed by atoms with van der Waals surface area (Å²) in [5, 5.41) is 21.4. The number of aromatic carboxylic acids is 2. The molecule has 2 aromatic rings. The fraction of sp³-hybridized carbons (Fsp3) is 0. The van der Waals surface area contributed by atoms with Crippen LogP contribution in [0.3, 0.4) is 0 Å². The summed E-state index contributed by atoms with van der Waals surface area (Å²) in [4.78, 5) is 29.2. The predicted octanol–water partition coefficient (Wildman–Crippen LogP) is -1.51. The van der Waals surface area contributed by atoms with Crippen LogP contribution >= 0.6 is 0 Å². The van der Waals surface area contributed by atoms with Gasteiger partial charge in [0.1, 0.15) is 0 Å². The van der Waals surface area contributed by atoms with E-state index in [9.17, 15) is 19.8 Å². The minimum atomic E-state index is -1.34. The molecule has 0 aliphatic carbocycles. The Kier molecular flexibility index (Phi) is 4.96. The molecule has 0 unspecified atom stereocenters. The van der Waals surface area contributed by atoms with E-state index < -0.39 is 11.9 Å². The number of pyridine rings is 2. The first kappa shape index (κ1) is 15.1. The molecule has 0 amide bonds. The van der Waals surface area contributed by atoms with Crippen LogP contribution in [0.15, 0.2) is 36.7 Å². The van der Waals surface area contributed by atoms with Crippen LogP contribution in [0.25, 0.3) is 11.4 Å². The van der Waals surface area contributed by atoms with Crippen LogP contribution < -0.4 is 10.2 Å². The maximum atomic E-state index is 10.7. The van der Waals surface area contributed by atoms with Gasteiger partial charge in [-0.15, -0.1) is 0 Å². The number of nitrogens with zero attached hydrogens (tertiary/aromatic N) is 2. The fourth-order valence-electron chi connectivity index (χ4n) is 1.40. The summed E-state index contributed by atoms with van der Waals surface area (Å²) >= 11 is 0. The van der Waals surface area contributed by atoms with E-state index in [1.54, 1.807) is 0 Å². The predicted molar refractivity (Wildman–Crippen MR) is 61.9 cm³/mol. The van der Waals surface area contributed by atoms with Crippen molar-refractivity contribution in [2.24, 2.45) is 0 Å². The largest absolute Gasteiger partial charge is 2.00 e. The molecule has 7 heteroatoms. The average molecular weight is 266 g/mol. The summed E-state index contributed by atoms with van der Waals surface area (Å²) in [7, 11) is 0. The summed E-state index contributed by atoms with van der Waals surface area (Å²) < 4.78 is 0. The molecule has 0 aromatic carbocycles. The van der Waals surface area contributed by atoms with E-state index in [1.165, 1.54) is 36.7 Å². The molecule has 0 bridgehead atoms.